The predicted molar refractivity (Wildman–Crippen MR) is 69.6 cm³/mol. The molecule has 2 heteroatoms. The number of hydrogen-bond donors (Lipinski definition) is 0. The lowest BCUT2D eigenvalue weighted by Crippen LogP contribution is -1.97. The molecular formula is C15H21NO. The average molecular weight is 231 g/mol. The highest BCUT2D eigenvalue weighted by Crippen LogP contribution is 2.09. The SMILES string of the molecule is CCCCCCCOCc1ccccc1C#N. The highest BCUT2D eigenvalue weighted by atomic mass is 16.5. The Morgan fingerprint density at radius 3 is 2.65 bits per heavy atom. The minimum absolute atomic E-state index is 0.553. The fourth-order valence-corrected chi connectivity index (χ4v) is 1.75. The van der Waals surface area contributed by atoms with Gasteiger partial charge in [-0.25, -0.2) is 0 Å². The zero-order valence-corrected chi connectivity index (χ0v) is 10.6. The number of ether oxygens (including phenoxy) is 1. The van der Waals surface area contributed by atoms with E-state index in [2.05, 4.69) is 13.0 Å². The van der Waals surface area contributed by atoms with Gasteiger partial charge in [-0.15, -0.1) is 0 Å². The van der Waals surface area contributed by atoms with Gasteiger partial charge in [-0.2, -0.15) is 5.26 Å². The molecule has 0 spiro atoms. The third-order valence-electron chi connectivity index (χ3n) is 2.79. The smallest absolute Gasteiger partial charge is 0.0995 e. The van der Waals surface area contributed by atoms with E-state index >= 15 is 0 Å². The van der Waals surface area contributed by atoms with Gasteiger partial charge in [-0.3, -0.25) is 0 Å². The highest BCUT2D eigenvalue weighted by Gasteiger charge is 2.00. The maximum absolute atomic E-state index is 8.91. The molecule has 0 unspecified atom stereocenters. The zero-order valence-electron chi connectivity index (χ0n) is 10.6. The van der Waals surface area contributed by atoms with Crippen LogP contribution in [0.5, 0.6) is 0 Å². The molecule has 0 aromatic heterocycles. The Kier molecular flexibility index (Phi) is 7.09. The third-order valence-corrected chi connectivity index (χ3v) is 2.79. The van der Waals surface area contributed by atoms with Gasteiger partial charge in [0.15, 0.2) is 0 Å². The van der Waals surface area contributed by atoms with Crippen molar-refractivity contribution in [2.45, 2.75) is 45.6 Å². The first-order valence-electron chi connectivity index (χ1n) is 6.44. The van der Waals surface area contributed by atoms with Crippen molar-refractivity contribution in [1.82, 2.24) is 0 Å². The fourth-order valence-electron chi connectivity index (χ4n) is 1.75. The monoisotopic (exact) mass is 231 g/mol. The summed E-state index contributed by atoms with van der Waals surface area (Å²) in [6.45, 7) is 3.57. The van der Waals surface area contributed by atoms with Gasteiger partial charge in [0.25, 0.3) is 0 Å². The van der Waals surface area contributed by atoms with Crippen molar-refractivity contribution >= 4 is 0 Å². The van der Waals surface area contributed by atoms with E-state index < -0.39 is 0 Å². The molecule has 0 atom stereocenters. The van der Waals surface area contributed by atoms with E-state index in [1.165, 1.54) is 25.7 Å². The Balaban J connectivity index is 2.16. The van der Waals surface area contributed by atoms with Gasteiger partial charge in [-0.1, -0.05) is 50.8 Å². The molecule has 2 nitrogen and oxygen atoms in total. The van der Waals surface area contributed by atoms with Crippen LogP contribution in [-0.4, -0.2) is 6.61 Å². The van der Waals surface area contributed by atoms with Crippen LogP contribution in [0.25, 0.3) is 0 Å². The van der Waals surface area contributed by atoms with Gasteiger partial charge in [0, 0.05) is 6.61 Å². The van der Waals surface area contributed by atoms with Crippen molar-refractivity contribution in [2.24, 2.45) is 0 Å². The second-order valence-electron chi connectivity index (χ2n) is 4.24. The summed E-state index contributed by atoms with van der Waals surface area (Å²) in [6.07, 6.45) is 6.25. The molecule has 1 aromatic carbocycles. The molecule has 0 saturated carbocycles. The van der Waals surface area contributed by atoms with Gasteiger partial charge < -0.3 is 4.74 Å². The molecule has 0 aliphatic rings. The summed E-state index contributed by atoms with van der Waals surface area (Å²) >= 11 is 0. The summed E-state index contributed by atoms with van der Waals surface area (Å²) in [5.41, 5.74) is 1.71. The van der Waals surface area contributed by atoms with Crippen LogP contribution in [0.4, 0.5) is 0 Å². The molecule has 0 saturated heterocycles. The van der Waals surface area contributed by atoms with E-state index in [9.17, 15) is 0 Å². The molecule has 1 aromatic rings. The Labute approximate surface area is 104 Å². The second kappa shape index (κ2) is 8.78. The van der Waals surface area contributed by atoms with Gasteiger partial charge in [0.2, 0.25) is 0 Å². The van der Waals surface area contributed by atoms with Crippen LogP contribution in [0.15, 0.2) is 24.3 Å². The number of nitrogens with zero attached hydrogens (tertiary/aromatic N) is 1. The van der Waals surface area contributed by atoms with Crippen molar-refractivity contribution in [3.8, 4) is 6.07 Å². The Morgan fingerprint density at radius 2 is 1.88 bits per heavy atom. The van der Waals surface area contributed by atoms with Crippen LogP contribution in [0, 0.1) is 11.3 Å². The molecule has 0 aliphatic carbocycles. The zero-order chi connectivity index (χ0) is 12.3. The van der Waals surface area contributed by atoms with Gasteiger partial charge in [-0.05, 0) is 18.1 Å². The minimum atomic E-state index is 0.553. The van der Waals surface area contributed by atoms with Crippen LogP contribution in [0.1, 0.15) is 50.2 Å². The van der Waals surface area contributed by atoms with Crippen molar-refractivity contribution < 1.29 is 4.74 Å². The Bertz CT molecular complexity index is 354. The first kappa shape index (κ1) is 13.7. The van der Waals surface area contributed by atoms with Gasteiger partial charge >= 0.3 is 0 Å². The lowest BCUT2D eigenvalue weighted by Gasteiger charge is -2.05. The maximum Gasteiger partial charge on any atom is 0.0995 e. The molecule has 1 rings (SSSR count). The van der Waals surface area contributed by atoms with E-state index in [0.717, 1.165) is 24.2 Å². The van der Waals surface area contributed by atoms with Crippen molar-refractivity contribution in [3.63, 3.8) is 0 Å². The summed E-state index contributed by atoms with van der Waals surface area (Å²) in [5.74, 6) is 0. The molecule has 0 radical (unpaired) electrons. The third kappa shape index (κ3) is 5.51. The molecule has 17 heavy (non-hydrogen) atoms. The summed E-state index contributed by atoms with van der Waals surface area (Å²) in [6, 6.07) is 9.80. The summed E-state index contributed by atoms with van der Waals surface area (Å²) in [4.78, 5) is 0. The van der Waals surface area contributed by atoms with Crippen LogP contribution in [0.2, 0.25) is 0 Å². The summed E-state index contributed by atoms with van der Waals surface area (Å²) < 4.78 is 5.59. The molecular weight excluding hydrogens is 210 g/mol. The normalized spacial score (nSPS) is 10.1. The Hall–Kier alpha value is -1.33. The van der Waals surface area contributed by atoms with Crippen molar-refractivity contribution in [3.05, 3.63) is 35.4 Å². The molecule has 92 valence electrons. The number of hydrogen-bond acceptors (Lipinski definition) is 2. The standard InChI is InChI=1S/C15H21NO/c1-2-3-4-5-8-11-17-13-15-10-7-6-9-14(15)12-16/h6-7,9-10H,2-5,8,11,13H2,1H3. The van der Waals surface area contributed by atoms with Crippen molar-refractivity contribution in [2.75, 3.05) is 6.61 Å². The first-order valence-corrected chi connectivity index (χ1v) is 6.44. The fraction of sp³-hybridized carbons (Fsp3) is 0.533. The van der Waals surface area contributed by atoms with E-state index in [0.29, 0.717) is 6.61 Å². The molecule has 0 fully saturated rings. The first-order chi connectivity index (χ1) is 8.38. The summed E-state index contributed by atoms with van der Waals surface area (Å²) in [7, 11) is 0. The Morgan fingerprint density at radius 1 is 1.12 bits per heavy atom. The van der Waals surface area contributed by atoms with Crippen LogP contribution < -0.4 is 0 Å². The minimum Gasteiger partial charge on any atom is -0.377 e. The average Bonchev–Trinajstić information content (AvgIpc) is 2.38. The molecule has 0 aliphatic heterocycles. The number of unbranched alkanes of at least 4 members (excludes halogenated alkanes) is 4. The summed E-state index contributed by atoms with van der Waals surface area (Å²) in [5, 5.41) is 8.91. The number of benzene rings is 1. The van der Waals surface area contributed by atoms with E-state index in [1.54, 1.807) is 0 Å². The number of rotatable bonds is 8. The molecule has 0 heterocycles. The van der Waals surface area contributed by atoms with Gasteiger partial charge in [0.1, 0.15) is 0 Å². The lowest BCUT2D eigenvalue weighted by molar-refractivity contribution is 0.116. The lowest BCUT2D eigenvalue weighted by atomic mass is 10.1. The highest BCUT2D eigenvalue weighted by molar-refractivity contribution is 5.36. The molecule has 0 bridgehead atoms. The van der Waals surface area contributed by atoms with E-state index in [1.807, 2.05) is 24.3 Å². The quantitative estimate of drug-likeness (QED) is 0.632. The van der Waals surface area contributed by atoms with E-state index in [-0.39, 0.29) is 0 Å². The van der Waals surface area contributed by atoms with Gasteiger partial charge in [0.05, 0.1) is 18.2 Å². The number of nitriles is 1. The topological polar surface area (TPSA) is 33.0 Å². The van der Waals surface area contributed by atoms with Crippen LogP contribution in [0.3, 0.4) is 0 Å². The van der Waals surface area contributed by atoms with E-state index in [4.69, 9.17) is 10.00 Å². The maximum atomic E-state index is 8.91. The van der Waals surface area contributed by atoms with Crippen molar-refractivity contribution in [1.29, 1.82) is 5.26 Å². The van der Waals surface area contributed by atoms with Crippen LogP contribution >= 0.6 is 0 Å². The van der Waals surface area contributed by atoms with Crippen LogP contribution in [-0.2, 0) is 11.3 Å². The molecule has 0 N–H and O–H groups in total. The second-order valence-corrected chi connectivity index (χ2v) is 4.24. The largest absolute Gasteiger partial charge is 0.377 e. The molecule has 0 amide bonds. The predicted octanol–water partition coefficient (Wildman–Crippen LogP) is 4.05.